The van der Waals surface area contributed by atoms with Crippen LogP contribution in [0.15, 0.2) is 41.3 Å². The van der Waals surface area contributed by atoms with Crippen LogP contribution in [0.4, 0.5) is 10.1 Å². The van der Waals surface area contributed by atoms with Gasteiger partial charge in [-0.3, -0.25) is 0 Å². The van der Waals surface area contributed by atoms with Crippen molar-refractivity contribution in [3.8, 4) is 5.75 Å². The number of aromatic hydroxyl groups is 1. The first-order valence-electron chi connectivity index (χ1n) is 5.99. The van der Waals surface area contributed by atoms with Crippen molar-refractivity contribution in [3.05, 3.63) is 52.8 Å². The molecule has 2 rings (SSSR count). The summed E-state index contributed by atoms with van der Waals surface area (Å²) in [5.74, 6) is -1.16. The molecule has 0 spiro atoms. The number of nitrogens with one attached hydrogen (secondary N) is 1. The van der Waals surface area contributed by atoms with Crippen LogP contribution in [0.5, 0.6) is 5.75 Å². The minimum Gasteiger partial charge on any atom is -0.505 e. The summed E-state index contributed by atoms with van der Waals surface area (Å²) in [4.78, 5) is 0.123. The van der Waals surface area contributed by atoms with Crippen LogP contribution >= 0.6 is 11.6 Å². The molecule has 0 radical (unpaired) electrons. The maximum absolute atomic E-state index is 13.2. The molecule has 0 aliphatic heterocycles. The molecule has 2 N–H and O–H groups in total. The molecule has 0 unspecified atom stereocenters. The summed E-state index contributed by atoms with van der Waals surface area (Å²) in [6.45, 7) is 0.108. The minimum atomic E-state index is -3.35. The van der Waals surface area contributed by atoms with Gasteiger partial charge in [-0.05, 0) is 24.3 Å². The first-order chi connectivity index (χ1) is 9.79. The lowest BCUT2D eigenvalue weighted by atomic mass is 10.2. The van der Waals surface area contributed by atoms with Crippen LogP contribution in [0, 0.1) is 5.82 Å². The summed E-state index contributed by atoms with van der Waals surface area (Å²) in [6, 6.07) is 8.44. The van der Waals surface area contributed by atoms with E-state index >= 15 is 0 Å². The predicted octanol–water partition coefficient (Wildman–Crippen LogP) is 3.20. The molecule has 0 atom stereocenters. The van der Waals surface area contributed by atoms with Gasteiger partial charge in [0, 0.05) is 18.4 Å². The summed E-state index contributed by atoms with van der Waals surface area (Å²) < 4.78 is 36.2. The highest BCUT2D eigenvalue weighted by molar-refractivity contribution is 7.90. The van der Waals surface area contributed by atoms with E-state index in [2.05, 4.69) is 5.32 Å². The van der Waals surface area contributed by atoms with Crippen LogP contribution in [-0.4, -0.2) is 19.8 Å². The van der Waals surface area contributed by atoms with Gasteiger partial charge in [-0.2, -0.15) is 0 Å². The van der Waals surface area contributed by atoms with Crippen molar-refractivity contribution in [2.45, 2.75) is 11.4 Å². The highest BCUT2D eigenvalue weighted by Gasteiger charge is 2.11. The number of rotatable bonds is 4. The number of benzene rings is 2. The Morgan fingerprint density at radius 2 is 2.00 bits per heavy atom. The molecule has 0 fully saturated rings. The van der Waals surface area contributed by atoms with E-state index in [0.29, 0.717) is 16.3 Å². The monoisotopic (exact) mass is 329 g/mol. The third-order valence-electron chi connectivity index (χ3n) is 2.91. The number of hydrogen-bond donors (Lipinski definition) is 2. The van der Waals surface area contributed by atoms with Gasteiger partial charge in [-0.15, -0.1) is 0 Å². The van der Waals surface area contributed by atoms with E-state index in [4.69, 9.17) is 11.6 Å². The maximum Gasteiger partial charge on any atom is 0.175 e. The van der Waals surface area contributed by atoms with Crippen molar-refractivity contribution in [2.75, 3.05) is 11.6 Å². The van der Waals surface area contributed by atoms with Crippen molar-refractivity contribution >= 4 is 27.1 Å². The Morgan fingerprint density at radius 1 is 1.29 bits per heavy atom. The molecule has 0 saturated heterocycles. The lowest BCUT2D eigenvalue weighted by Crippen LogP contribution is -2.03. The molecular weight excluding hydrogens is 317 g/mol. The standard InChI is InChI=1S/C14H13ClFNO3S/c1-21(19,20)10-5-6-11(15)13(7-10)17-8-9-3-2-4-12(16)14(9)18/h2-7,17-18H,8H2,1H3. The number of anilines is 1. The van der Waals surface area contributed by atoms with Crippen molar-refractivity contribution in [1.82, 2.24) is 0 Å². The van der Waals surface area contributed by atoms with E-state index in [1.807, 2.05) is 0 Å². The average molecular weight is 330 g/mol. The number of halogens is 2. The normalized spacial score (nSPS) is 11.4. The molecule has 0 amide bonds. The second-order valence-electron chi connectivity index (χ2n) is 4.51. The summed E-state index contributed by atoms with van der Waals surface area (Å²) in [7, 11) is -3.35. The molecule has 112 valence electrons. The number of sulfone groups is 1. The van der Waals surface area contributed by atoms with Crippen LogP contribution in [0.3, 0.4) is 0 Å². The Labute approximate surface area is 127 Å². The molecule has 7 heteroatoms. The summed E-state index contributed by atoms with van der Waals surface area (Å²) >= 11 is 5.99. The lowest BCUT2D eigenvalue weighted by molar-refractivity contribution is 0.427. The van der Waals surface area contributed by atoms with Crippen LogP contribution in [0.25, 0.3) is 0 Å². The van der Waals surface area contributed by atoms with E-state index in [0.717, 1.165) is 12.3 Å². The fraction of sp³-hybridized carbons (Fsp3) is 0.143. The summed E-state index contributed by atoms with van der Waals surface area (Å²) in [5, 5.41) is 12.8. The van der Waals surface area contributed by atoms with Gasteiger partial charge in [0.25, 0.3) is 0 Å². The van der Waals surface area contributed by atoms with Crippen molar-refractivity contribution in [2.24, 2.45) is 0 Å². The molecule has 0 bridgehead atoms. The van der Waals surface area contributed by atoms with E-state index in [1.165, 1.54) is 24.3 Å². The molecule has 2 aromatic carbocycles. The minimum absolute atomic E-state index is 0.108. The molecule has 2 aromatic rings. The smallest absolute Gasteiger partial charge is 0.175 e. The zero-order valence-corrected chi connectivity index (χ0v) is 12.7. The van der Waals surface area contributed by atoms with Crippen molar-refractivity contribution < 1.29 is 17.9 Å². The second kappa shape index (κ2) is 5.91. The predicted molar refractivity (Wildman–Crippen MR) is 80.0 cm³/mol. The van der Waals surface area contributed by atoms with Gasteiger partial charge in [-0.25, -0.2) is 12.8 Å². The quantitative estimate of drug-likeness (QED) is 0.904. The Morgan fingerprint density at radius 3 is 2.67 bits per heavy atom. The van der Waals surface area contributed by atoms with Gasteiger partial charge in [0.15, 0.2) is 21.4 Å². The van der Waals surface area contributed by atoms with Crippen molar-refractivity contribution in [3.63, 3.8) is 0 Å². The highest BCUT2D eigenvalue weighted by atomic mass is 35.5. The Kier molecular flexibility index (Phi) is 4.39. The number of para-hydroxylation sites is 1. The van der Waals surface area contributed by atoms with Gasteiger partial charge in [-0.1, -0.05) is 23.7 Å². The van der Waals surface area contributed by atoms with Crippen LogP contribution < -0.4 is 5.32 Å². The topological polar surface area (TPSA) is 66.4 Å². The Bertz CT molecular complexity index is 778. The Hall–Kier alpha value is -1.79. The van der Waals surface area contributed by atoms with Gasteiger partial charge in [0.1, 0.15) is 0 Å². The van der Waals surface area contributed by atoms with E-state index in [-0.39, 0.29) is 11.4 Å². The molecule has 4 nitrogen and oxygen atoms in total. The first-order valence-corrected chi connectivity index (χ1v) is 8.26. The van der Waals surface area contributed by atoms with E-state index in [1.54, 1.807) is 6.07 Å². The zero-order valence-electron chi connectivity index (χ0n) is 11.1. The fourth-order valence-corrected chi connectivity index (χ4v) is 2.60. The zero-order chi connectivity index (χ0) is 15.6. The SMILES string of the molecule is CS(=O)(=O)c1ccc(Cl)c(NCc2cccc(F)c2O)c1. The van der Waals surface area contributed by atoms with Gasteiger partial charge in [0.2, 0.25) is 0 Å². The largest absolute Gasteiger partial charge is 0.505 e. The maximum atomic E-state index is 13.2. The van der Waals surface area contributed by atoms with Gasteiger partial charge in [0.05, 0.1) is 15.6 Å². The number of hydrogen-bond acceptors (Lipinski definition) is 4. The fourth-order valence-electron chi connectivity index (χ4n) is 1.76. The lowest BCUT2D eigenvalue weighted by Gasteiger charge is -2.11. The van der Waals surface area contributed by atoms with Crippen LogP contribution in [0.1, 0.15) is 5.56 Å². The molecule has 0 heterocycles. The molecular formula is C14H13ClFNO3S. The summed E-state index contributed by atoms with van der Waals surface area (Å²) in [6.07, 6.45) is 1.10. The number of phenols is 1. The third-order valence-corrected chi connectivity index (χ3v) is 4.35. The van der Waals surface area contributed by atoms with E-state index < -0.39 is 21.4 Å². The van der Waals surface area contributed by atoms with Gasteiger partial charge >= 0.3 is 0 Å². The molecule has 0 saturated carbocycles. The number of phenolic OH excluding ortho intramolecular Hbond substituents is 1. The highest BCUT2D eigenvalue weighted by Crippen LogP contribution is 2.27. The third kappa shape index (κ3) is 3.65. The van der Waals surface area contributed by atoms with Crippen LogP contribution in [0.2, 0.25) is 5.02 Å². The average Bonchev–Trinajstić information content (AvgIpc) is 2.40. The van der Waals surface area contributed by atoms with Gasteiger partial charge < -0.3 is 10.4 Å². The molecule has 21 heavy (non-hydrogen) atoms. The molecule has 0 aromatic heterocycles. The van der Waals surface area contributed by atoms with E-state index in [9.17, 15) is 17.9 Å². The molecule has 0 aliphatic carbocycles. The van der Waals surface area contributed by atoms with Crippen molar-refractivity contribution in [1.29, 1.82) is 0 Å². The first kappa shape index (κ1) is 15.6. The van der Waals surface area contributed by atoms with Crippen LogP contribution in [-0.2, 0) is 16.4 Å². The summed E-state index contributed by atoms with van der Waals surface area (Å²) in [5.41, 5.74) is 0.735. The molecule has 0 aliphatic rings. The Balaban J connectivity index is 2.26. The second-order valence-corrected chi connectivity index (χ2v) is 6.94.